The number of rotatable bonds is 4. The van der Waals surface area contributed by atoms with Crippen LogP contribution < -0.4 is 0 Å². The van der Waals surface area contributed by atoms with Crippen molar-refractivity contribution in [3.05, 3.63) is 91.4 Å². The van der Waals surface area contributed by atoms with Gasteiger partial charge in [0.15, 0.2) is 4.75 Å². The number of hydrogen-bond acceptors (Lipinski definition) is 4. The van der Waals surface area contributed by atoms with Gasteiger partial charge in [-0.15, -0.1) is 0 Å². The lowest BCUT2D eigenvalue weighted by molar-refractivity contribution is 0.439. The number of halogens is 4. The number of phenolic OH excluding ortho intramolecular Hbond substituents is 2. The van der Waals surface area contributed by atoms with E-state index in [1.165, 1.54) is 48.5 Å². The fourth-order valence-electron chi connectivity index (χ4n) is 3.18. The summed E-state index contributed by atoms with van der Waals surface area (Å²) in [4.78, 5) is 0. The zero-order valence-corrected chi connectivity index (χ0v) is 18.1. The minimum atomic E-state index is -5.06. The van der Waals surface area contributed by atoms with Gasteiger partial charge in [0.2, 0.25) is 0 Å². The molecule has 5 nitrogen and oxygen atoms in total. The van der Waals surface area contributed by atoms with Gasteiger partial charge in [0.05, 0.1) is 10.0 Å². The molecule has 152 valence electrons. The molecule has 29 heavy (non-hydrogen) atoms. The van der Waals surface area contributed by atoms with E-state index in [0.29, 0.717) is 5.02 Å². The summed E-state index contributed by atoms with van der Waals surface area (Å²) in [5.41, 5.74) is -0.417. The average Bonchev–Trinajstić information content (AvgIpc) is 2.64. The zero-order valence-electron chi connectivity index (χ0n) is 14.3. The molecule has 0 fully saturated rings. The fraction of sp³-hybridized carbons (Fsp3) is 0.0526. The lowest BCUT2D eigenvalue weighted by atomic mass is 9.83. The standard InChI is InChI=1S/C19H12Cl4O5S/c20-12-6-4-10(5-7-12)19(29(26,27)28,13-2-1-3-14(21)18(13)25)11-8-15(22)17(23)16(24)9-11/h1-9,24-25H,(H,26,27,28). The Labute approximate surface area is 186 Å². The molecule has 1 unspecified atom stereocenters. The minimum absolute atomic E-state index is 0.0137. The van der Waals surface area contributed by atoms with E-state index in [9.17, 15) is 23.2 Å². The number of hydrogen-bond donors (Lipinski definition) is 3. The van der Waals surface area contributed by atoms with Crippen molar-refractivity contribution in [1.29, 1.82) is 0 Å². The highest BCUT2D eigenvalue weighted by molar-refractivity contribution is 7.87. The molecule has 0 saturated carbocycles. The molecule has 0 spiro atoms. The first-order chi connectivity index (χ1) is 13.5. The van der Waals surface area contributed by atoms with Crippen LogP contribution in [0.3, 0.4) is 0 Å². The third kappa shape index (κ3) is 3.65. The SMILES string of the molecule is O=S(=O)(O)C(c1ccc(Cl)cc1)(c1cc(O)c(Cl)c(Cl)c1)c1cccc(Cl)c1O. The number of aromatic hydroxyl groups is 2. The maximum atomic E-state index is 12.9. The first kappa shape index (κ1) is 22.0. The summed E-state index contributed by atoms with van der Waals surface area (Å²) in [6.45, 7) is 0. The van der Waals surface area contributed by atoms with Crippen LogP contribution in [0.1, 0.15) is 16.7 Å². The van der Waals surface area contributed by atoms with E-state index in [4.69, 9.17) is 46.4 Å². The van der Waals surface area contributed by atoms with E-state index in [2.05, 4.69) is 0 Å². The van der Waals surface area contributed by atoms with Crippen LogP contribution in [0.5, 0.6) is 11.5 Å². The minimum Gasteiger partial charge on any atom is -0.506 e. The third-order valence-corrected chi connectivity index (χ3v) is 7.23. The van der Waals surface area contributed by atoms with Gasteiger partial charge < -0.3 is 10.2 Å². The van der Waals surface area contributed by atoms with Crippen LogP contribution in [0, 0.1) is 0 Å². The van der Waals surface area contributed by atoms with E-state index >= 15 is 0 Å². The van der Waals surface area contributed by atoms with E-state index in [0.717, 1.165) is 6.07 Å². The van der Waals surface area contributed by atoms with Crippen molar-refractivity contribution < 1.29 is 23.2 Å². The van der Waals surface area contributed by atoms with Crippen molar-refractivity contribution in [3.63, 3.8) is 0 Å². The fourth-order valence-corrected chi connectivity index (χ4v) is 5.09. The Bertz CT molecular complexity index is 1170. The largest absolute Gasteiger partial charge is 0.506 e. The first-order valence-electron chi connectivity index (χ1n) is 7.89. The van der Waals surface area contributed by atoms with Gasteiger partial charge in [-0.2, -0.15) is 8.42 Å². The Morgan fingerprint density at radius 2 is 1.41 bits per heavy atom. The van der Waals surface area contributed by atoms with Crippen molar-refractivity contribution in [2.75, 3.05) is 0 Å². The summed E-state index contributed by atoms with van der Waals surface area (Å²) >= 11 is 23.9. The quantitative estimate of drug-likeness (QED) is 0.311. The van der Waals surface area contributed by atoms with Gasteiger partial charge in [0.1, 0.15) is 16.5 Å². The Morgan fingerprint density at radius 1 is 0.793 bits per heavy atom. The predicted octanol–water partition coefficient (Wildman–Crippen LogP) is 5.89. The van der Waals surface area contributed by atoms with Crippen LogP contribution in [0.2, 0.25) is 20.1 Å². The van der Waals surface area contributed by atoms with Crippen molar-refractivity contribution in [1.82, 2.24) is 0 Å². The summed E-state index contributed by atoms with van der Waals surface area (Å²) in [6, 6.07) is 11.8. The molecule has 0 aliphatic carbocycles. The predicted molar refractivity (Wildman–Crippen MR) is 114 cm³/mol. The molecule has 0 radical (unpaired) electrons. The van der Waals surface area contributed by atoms with Gasteiger partial charge >= 0.3 is 0 Å². The van der Waals surface area contributed by atoms with Crippen LogP contribution >= 0.6 is 46.4 Å². The van der Waals surface area contributed by atoms with Crippen LogP contribution in [-0.4, -0.2) is 23.2 Å². The molecule has 0 aliphatic rings. The van der Waals surface area contributed by atoms with Crippen LogP contribution in [0.15, 0.2) is 54.6 Å². The second-order valence-electron chi connectivity index (χ2n) is 6.09. The normalized spacial score (nSPS) is 13.8. The second-order valence-corrected chi connectivity index (χ2v) is 9.28. The average molecular weight is 494 g/mol. The van der Waals surface area contributed by atoms with Gasteiger partial charge in [0.25, 0.3) is 10.1 Å². The zero-order chi connectivity index (χ0) is 21.6. The molecule has 0 aliphatic heterocycles. The molecular weight excluding hydrogens is 482 g/mol. The van der Waals surface area contributed by atoms with Crippen LogP contribution in [-0.2, 0) is 14.9 Å². The summed E-state index contributed by atoms with van der Waals surface area (Å²) in [5, 5.41) is 20.6. The van der Waals surface area contributed by atoms with Gasteiger partial charge in [-0.3, -0.25) is 4.55 Å². The molecule has 3 aromatic carbocycles. The van der Waals surface area contributed by atoms with Crippen LogP contribution in [0.4, 0.5) is 0 Å². The van der Waals surface area contributed by atoms with E-state index in [1.54, 1.807) is 0 Å². The molecule has 0 saturated heterocycles. The second kappa shape index (κ2) is 7.87. The smallest absolute Gasteiger partial charge is 0.283 e. The third-order valence-electron chi connectivity index (χ3n) is 4.42. The molecule has 0 amide bonds. The van der Waals surface area contributed by atoms with Crippen LogP contribution in [0.25, 0.3) is 0 Å². The maximum Gasteiger partial charge on any atom is 0.283 e. The number of para-hydroxylation sites is 1. The van der Waals surface area contributed by atoms with Crippen molar-refractivity contribution in [2.24, 2.45) is 0 Å². The monoisotopic (exact) mass is 492 g/mol. The topological polar surface area (TPSA) is 94.8 Å². The molecule has 10 heteroatoms. The molecule has 0 aromatic heterocycles. The highest BCUT2D eigenvalue weighted by Crippen LogP contribution is 2.50. The summed E-state index contributed by atoms with van der Waals surface area (Å²) < 4.78 is 33.9. The molecule has 3 rings (SSSR count). The summed E-state index contributed by atoms with van der Waals surface area (Å²) in [7, 11) is -5.06. The van der Waals surface area contributed by atoms with Crippen molar-refractivity contribution >= 4 is 56.5 Å². The maximum absolute atomic E-state index is 12.9. The molecular formula is C19H12Cl4O5S. The van der Waals surface area contributed by atoms with Crippen molar-refractivity contribution in [3.8, 4) is 11.5 Å². The number of benzene rings is 3. The Morgan fingerprint density at radius 3 is 1.97 bits per heavy atom. The molecule has 1 atom stereocenters. The van der Waals surface area contributed by atoms with E-state index in [-0.39, 0.29) is 31.8 Å². The number of phenols is 2. The lowest BCUT2D eigenvalue weighted by Gasteiger charge is -2.33. The van der Waals surface area contributed by atoms with Gasteiger partial charge in [-0.25, -0.2) is 0 Å². The van der Waals surface area contributed by atoms with E-state index < -0.39 is 26.4 Å². The Kier molecular flexibility index (Phi) is 5.98. The Hall–Kier alpha value is -1.67. The highest BCUT2D eigenvalue weighted by atomic mass is 35.5. The van der Waals surface area contributed by atoms with Gasteiger partial charge in [0, 0.05) is 10.6 Å². The Balaban J connectivity index is 2.58. The molecule has 3 aromatic rings. The van der Waals surface area contributed by atoms with Crippen molar-refractivity contribution in [2.45, 2.75) is 4.75 Å². The van der Waals surface area contributed by atoms with Gasteiger partial charge in [-0.1, -0.05) is 70.7 Å². The molecule has 3 N–H and O–H groups in total. The summed E-state index contributed by atoms with van der Waals surface area (Å²) in [6.07, 6.45) is 0. The first-order valence-corrected chi connectivity index (χ1v) is 10.8. The molecule has 0 heterocycles. The van der Waals surface area contributed by atoms with Gasteiger partial charge in [-0.05, 0) is 41.5 Å². The molecule has 0 bridgehead atoms. The van der Waals surface area contributed by atoms with E-state index in [1.807, 2.05) is 0 Å². The summed E-state index contributed by atoms with van der Waals surface area (Å²) in [5.74, 6) is -1.09. The highest BCUT2D eigenvalue weighted by Gasteiger charge is 2.50. The lowest BCUT2D eigenvalue weighted by Crippen LogP contribution is -2.38.